The lowest BCUT2D eigenvalue weighted by atomic mass is 10.0. The zero-order valence-electron chi connectivity index (χ0n) is 8.95. The van der Waals surface area contributed by atoms with Gasteiger partial charge in [-0.15, -0.1) is 0 Å². The molecule has 0 fully saturated rings. The van der Waals surface area contributed by atoms with Gasteiger partial charge in [-0.05, 0) is 42.5 Å². The lowest BCUT2D eigenvalue weighted by Gasteiger charge is -2.08. The van der Waals surface area contributed by atoms with Crippen LogP contribution < -0.4 is 4.74 Å². The van der Waals surface area contributed by atoms with Gasteiger partial charge in [0.05, 0.1) is 12.7 Å². The molecule has 0 aromatic heterocycles. The number of hydrogen-bond acceptors (Lipinski definition) is 3. The number of methoxy groups -OCH3 is 1. The summed E-state index contributed by atoms with van der Waals surface area (Å²) in [4.78, 5) is 22.1. The van der Waals surface area contributed by atoms with Crippen LogP contribution in [0.15, 0.2) is 12.1 Å². The standard InChI is InChI=1S/C12H12O4/c1-16-10-6-8-4-2-3-7(8)5-9(10)11(13)12(14)15/h5-6H,2-4H2,1H3,(H,14,15). The molecule has 0 atom stereocenters. The fourth-order valence-electron chi connectivity index (χ4n) is 2.06. The molecule has 1 aromatic rings. The van der Waals surface area contributed by atoms with Crippen molar-refractivity contribution in [3.8, 4) is 5.75 Å². The third-order valence-electron chi connectivity index (χ3n) is 2.85. The van der Waals surface area contributed by atoms with Crippen LogP contribution in [0.4, 0.5) is 0 Å². The minimum atomic E-state index is -1.45. The summed E-state index contributed by atoms with van der Waals surface area (Å²) in [7, 11) is 1.44. The zero-order chi connectivity index (χ0) is 11.7. The number of rotatable bonds is 3. The van der Waals surface area contributed by atoms with Gasteiger partial charge in [0.2, 0.25) is 0 Å². The Morgan fingerprint density at radius 3 is 2.44 bits per heavy atom. The van der Waals surface area contributed by atoms with Crippen molar-refractivity contribution in [2.45, 2.75) is 19.3 Å². The number of hydrogen-bond donors (Lipinski definition) is 1. The maximum absolute atomic E-state index is 11.4. The highest BCUT2D eigenvalue weighted by Crippen LogP contribution is 2.30. The van der Waals surface area contributed by atoms with Gasteiger partial charge < -0.3 is 9.84 Å². The molecule has 0 aliphatic heterocycles. The lowest BCUT2D eigenvalue weighted by molar-refractivity contribution is -0.131. The number of aryl methyl sites for hydroxylation is 2. The van der Waals surface area contributed by atoms with Crippen LogP contribution in [0.5, 0.6) is 5.75 Å². The first kappa shape index (κ1) is 10.7. The van der Waals surface area contributed by atoms with Gasteiger partial charge in [-0.1, -0.05) is 0 Å². The second kappa shape index (κ2) is 3.96. The topological polar surface area (TPSA) is 63.6 Å². The average Bonchev–Trinajstić information content (AvgIpc) is 2.72. The summed E-state index contributed by atoms with van der Waals surface area (Å²) in [5.41, 5.74) is 2.36. The van der Waals surface area contributed by atoms with E-state index in [0.717, 1.165) is 30.4 Å². The van der Waals surface area contributed by atoms with E-state index < -0.39 is 11.8 Å². The van der Waals surface area contributed by atoms with E-state index in [0.29, 0.717) is 5.75 Å². The van der Waals surface area contributed by atoms with Crippen LogP contribution in [0.3, 0.4) is 0 Å². The first-order valence-corrected chi connectivity index (χ1v) is 5.11. The van der Waals surface area contributed by atoms with E-state index >= 15 is 0 Å². The van der Waals surface area contributed by atoms with Gasteiger partial charge in [0.1, 0.15) is 5.75 Å². The zero-order valence-corrected chi connectivity index (χ0v) is 8.95. The molecule has 16 heavy (non-hydrogen) atoms. The molecule has 1 N–H and O–H groups in total. The molecule has 1 aliphatic carbocycles. The molecule has 0 unspecified atom stereocenters. The first-order chi connectivity index (χ1) is 7.63. The summed E-state index contributed by atoms with van der Waals surface area (Å²) in [5, 5.41) is 8.70. The minimum absolute atomic E-state index is 0.149. The van der Waals surface area contributed by atoms with Crippen molar-refractivity contribution in [2.24, 2.45) is 0 Å². The highest BCUT2D eigenvalue weighted by Gasteiger charge is 2.23. The highest BCUT2D eigenvalue weighted by atomic mass is 16.5. The van der Waals surface area contributed by atoms with Crippen molar-refractivity contribution >= 4 is 11.8 Å². The predicted octanol–water partition coefficient (Wildman–Crippen LogP) is 1.45. The molecular weight excluding hydrogens is 208 g/mol. The molecule has 0 spiro atoms. The van der Waals surface area contributed by atoms with E-state index in [1.807, 2.05) is 0 Å². The third kappa shape index (κ3) is 1.66. The summed E-state index contributed by atoms with van der Waals surface area (Å²) in [6.45, 7) is 0. The number of Topliss-reactive ketones (excluding diaryl/α,β-unsaturated/α-hetero) is 1. The van der Waals surface area contributed by atoms with Gasteiger partial charge >= 0.3 is 5.97 Å². The predicted molar refractivity (Wildman–Crippen MR) is 57.0 cm³/mol. The molecule has 0 amide bonds. The molecule has 2 rings (SSSR count). The monoisotopic (exact) mass is 220 g/mol. The molecule has 4 heteroatoms. The number of fused-ring (bicyclic) bond motifs is 1. The van der Waals surface area contributed by atoms with Gasteiger partial charge in [-0.3, -0.25) is 4.79 Å². The summed E-state index contributed by atoms with van der Waals surface area (Å²) in [6, 6.07) is 3.43. The van der Waals surface area contributed by atoms with Crippen molar-refractivity contribution in [1.29, 1.82) is 0 Å². The summed E-state index contributed by atoms with van der Waals surface area (Å²) in [5.74, 6) is -2.00. The maximum Gasteiger partial charge on any atom is 0.377 e. The molecule has 1 aliphatic rings. The van der Waals surface area contributed by atoms with Crippen molar-refractivity contribution in [2.75, 3.05) is 7.11 Å². The van der Waals surface area contributed by atoms with E-state index in [9.17, 15) is 9.59 Å². The Morgan fingerprint density at radius 2 is 1.88 bits per heavy atom. The van der Waals surface area contributed by atoms with Crippen LogP contribution in [0.1, 0.15) is 27.9 Å². The third-order valence-corrected chi connectivity index (χ3v) is 2.85. The Kier molecular flexibility index (Phi) is 2.64. The fourth-order valence-corrected chi connectivity index (χ4v) is 2.06. The SMILES string of the molecule is COc1cc2c(cc1C(=O)C(=O)O)CCC2. The van der Waals surface area contributed by atoms with Crippen molar-refractivity contribution in [3.63, 3.8) is 0 Å². The van der Waals surface area contributed by atoms with Crippen LogP contribution in [0.25, 0.3) is 0 Å². The van der Waals surface area contributed by atoms with Crippen molar-refractivity contribution < 1.29 is 19.4 Å². The first-order valence-electron chi connectivity index (χ1n) is 5.11. The Bertz CT molecular complexity index is 462. The molecule has 0 radical (unpaired) electrons. The number of ether oxygens (including phenoxy) is 1. The Morgan fingerprint density at radius 1 is 1.25 bits per heavy atom. The minimum Gasteiger partial charge on any atom is -0.496 e. The summed E-state index contributed by atoms with van der Waals surface area (Å²) >= 11 is 0. The van der Waals surface area contributed by atoms with E-state index in [2.05, 4.69) is 0 Å². The number of carboxylic acid groups (broad SMARTS) is 1. The van der Waals surface area contributed by atoms with Gasteiger partial charge in [0.15, 0.2) is 0 Å². The molecule has 84 valence electrons. The second-order valence-electron chi connectivity index (χ2n) is 3.81. The largest absolute Gasteiger partial charge is 0.496 e. The normalized spacial score (nSPS) is 13.3. The van der Waals surface area contributed by atoms with Gasteiger partial charge in [-0.2, -0.15) is 0 Å². The number of carbonyl (C=O) groups is 2. The molecule has 0 heterocycles. The van der Waals surface area contributed by atoms with Gasteiger partial charge in [0, 0.05) is 0 Å². The van der Waals surface area contributed by atoms with Gasteiger partial charge in [-0.25, -0.2) is 4.79 Å². The van der Waals surface area contributed by atoms with Crippen molar-refractivity contribution in [1.82, 2.24) is 0 Å². The van der Waals surface area contributed by atoms with Crippen LogP contribution in [0, 0.1) is 0 Å². The fraction of sp³-hybridized carbons (Fsp3) is 0.333. The number of benzene rings is 1. The van der Waals surface area contributed by atoms with Crippen molar-refractivity contribution in [3.05, 3.63) is 28.8 Å². The molecule has 1 aromatic carbocycles. The smallest absolute Gasteiger partial charge is 0.377 e. The highest BCUT2D eigenvalue weighted by molar-refractivity contribution is 6.40. The van der Waals surface area contributed by atoms with E-state index in [4.69, 9.17) is 9.84 Å². The quantitative estimate of drug-likeness (QED) is 0.618. The Hall–Kier alpha value is -1.84. The van der Waals surface area contributed by atoms with Gasteiger partial charge in [0.25, 0.3) is 5.78 Å². The average molecular weight is 220 g/mol. The Balaban J connectivity index is 2.52. The summed E-state index contributed by atoms with van der Waals surface area (Å²) in [6.07, 6.45) is 2.91. The van der Waals surface area contributed by atoms with Crippen LogP contribution >= 0.6 is 0 Å². The lowest BCUT2D eigenvalue weighted by Crippen LogP contribution is -2.14. The molecule has 4 nitrogen and oxygen atoms in total. The number of carboxylic acids is 1. The van der Waals surface area contributed by atoms with Crippen LogP contribution in [0.2, 0.25) is 0 Å². The van der Waals surface area contributed by atoms with E-state index in [-0.39, 0.29) is 5.56 Å². The number of aliphatic carboxylic acids is 1. The number of carbonyl (C=O) groups excluding carboxylic acids is 1. The molecular formula is C12H12O4. The van der Waals surface area contributed by atoms with E-state index in [1.54, 1.807) is 12.1 Å². The van der Waals surface area contributed by atoms with E-state index in [1.165, 1.54) is 7.11 Å². The molecule has 0 bridgehead atoms. The van der Waals surface area contributed by atoms with Crippen LogP contribution in [-0.4, -0.2) is 24.0 Å². The number of ketones is 1. The summed E-state index contributed by atoms with van der Waals surface area (Å²) < 4.78 is 5.06. The second-order valence-corrected chi connectivity index (χ2v) is 3.81. The molecule has 0 saturated heterocycles. The van der Waals surface area contributed by atoms with Crippen LogP contribution in [-0.2, 0) is 17.6 Å². The Labute approximate surface area is 92.8 Å². The maximum atomic E-state index is 11.4. The molecule has 0 saturated carbocycles.